The van der Waals surface area contributed by atoms with Crippen LogP contribution in [0.3, 0.4) is 0 Å². The number of alkyl halides is 3. The van der Waals surface area contributed by atoms with E-state index in [4.69, 9.17) is 32.5 Å². The molecule has 3 aromatic heterocycles. The summed E-state index contributed by atoms with van der Waals surface area (Å²) in [5, 5.41) is 14.6. The van der Waals surface area contributed by atoms with Crippen molar-refractivity contribution in [2.75, 3.05) is 0 Å². The highest BCUT2D eigenvalue weighted by Crippen LogP contribution is 2.56. The number of benzene rings is 1. The van der Waals surface area contributed by atoms with E-state index in [1.165, 1.54) is 18.5 Å². The second-order valence-corrected chi connectivity index (χ2v) is 12.8. The maximum atomic E-state index is 14.0. The number of aromatic carboxylic acids is 1. The lowest BCUT2D eigenvalue weighted by Crippen LogP contribution is -2.50. The van der Waals surface area contributed by atoms with Gasteiger partial charge in [-0.05, 0) is 69.6 Å². The van der Waals surface area contributed by atoms with Gasteiger partial charge in [0, 0.05) is 45.9 Å². The van der Waals surface area contributed by atoms with Crippen molar-refractivity contribution in [3.63, 3.8) is 0 Å². The van der Waals surface area contributed by atoms with Crippen molar-refractivity contribution in [3.8, 4) is 11.3 Å². The van der Waals surface area contributed by atoms with Crippen molar-refractivity contribution in [1.29, 1.82) is 0 Å². The molecule has 3 heterocycles. The van der Waals surface area contributed by atoms with E-state index in [2.05, 4.69) is 15.1 Å². The highest BCUT2D eigenvalue weighted by molar-refractivity contribution is 6.38. The van der Waals surface area contributed by atoms with Crippen LogP contribution in [0.2, 0.25) is 10.0 Å². The molecule has 0 amide bonds. The molecule has 7 nitrogen and oxygen atoms in total. The summed E-state index contributed by atoms with van der Waals surface area (Å²) in [7, 11) is 0. The van der Waals surface area contributed by atoms with Gasteiger partial charge in [0.2, 0.25) is 0 Å². The van der Waals surface area contributed by atoms with Crippen LogP contribution in [0.15, 0.2) is 41.2 Å². The standard InChI is InChI=1S/C31H26Cl2F3N3O4/c32-21-13-37-14-22(33)24(21)26-19(27(43-39-26)16-1-2-16)15-42-30-8-5-29(6-9-30,7-10-30)23-4-3-17-11-18(28(40)41)12-20(25(17)38-23)31(34,35)36/h3-4,11-14,16H,1-2,5-10,15H2,(H,40,41). The van der Waals surface area contributed by atoms with Gasteiger partial charge in [-0.2, -0.15) is 13.2 Å². The fourth-order valence-corrected chi connectivity index (χ4v) is 7.35. The first-order chi connectivity index (χ1) is 20.5. The first-order valence-corrected chi connectivity index (χ1v) is 14.9. The van der Waals surface area contributed by atoms with Crippen LogP contribution < -0.4 is 0 Å². The maximum absolute atomic E-state index is 14.0. The Hall–Kier alpha value is -3.21. The molecule has 0 unspecified atom stereocenters. The number of ether oxygens (including phenoxy) is 1. The Labute approximate surface area is 254 Å². The van der Waals surface area contributed by atoms with Gasteiger partial charge in [0.15, 0.2) is 0 Å². The summed E-state index contributed by atoms with van der Waals surface area (Å²) >= 11 is 12.9. The lowest BCUT2D eigenvalue weighted by atomic mass is 9.57. The molecule has 0 aliphatic heterocycles. The van der Waals surface area contributed by atoms with Crippen molar-refractivity contribution in [2.45, 2.75) is 81.1 Å². The normalized spacial score (nSPS) is 23.7. The van der Waals surface area contributed by atoms with Crippen molar-refractivity contribution in [3.05, 3.63) is 74.8 Å². The van der Waals surface area contributed by atoms with E-state index in [0.29, 0.717) is 52.3 Å². The molecule has 224 valence electrons. The lowest BCUT2D eigenvalue weighted by molar-refractivity contribution is -0.136. The first-order valence-electron chi connectivity index (χ1n) is 14.2. The second kappa shape index (κ2) is 10.2. The summed E-state index contributed by atoms with van der Waals surface area (Å²) in [6.07, 6.45) is 4.66. The molecule has 12 heteroatoms. The Morgan fingerprint density at radius 2 is 1.72 bits per heavy atom. The number of carboxylic acids is 1. The third-order valence-electron chi connectivity index (χ3n) is 9.45. The minimum absolute atomic E-state index is 0.155. The van der Waals surface area contributed by atoms with Crippen LogP contribution in [-0.4, -0.2) is 31.8 Å². The van der Waals surface area contributed by atoms with Crippen LogP contribution in [0.4, 0.5) is 13.2 Å². The summed E-state index contributed by atoms with van der Waals surface area (Å²) in [5.74, 6) is -0.335. The number of rotatable bonds is 7. The Morgan fingerprint density at radius 1 is 1.05 bits per heavy atom. The van der Waals surface area contributed by atoms with Gasteiger partial charge in [0.1, 0.15) is 11.5 Å². The van der Waals surface area contributed by atoms with Gasteiger partial charge < -0.3 is 14.4 Å². The van der Waals surface area contributed by atoms with E-state index in [1.807, 2.05) is 0 Å². The van der Waals surface area contributed by atoms with Crippen LogP contribution in [0.25, 0.3) is 22.2 Å². The average molecular weight is 632 g/mol. The van der Waals surface area contributed by atoms with E-state index in [0.717, 1.165) is 43.4 Å². The summed E-state index contributed by atoms with van der Waals surface area (Å²) in [6.45, 7) is 0.279. The van der Waals surface area contributed by atoms with Gasteiger partial charge in [0.25, 0.3) is 0 Å². The number of aromatic nitrogens is 3. The maximum Gasteiger partial charge on any atom is 0.418 e. The molecule has 0 radical (unpaired) electrons. The van der Waals surface area contributed by atoms with Gasteiger partial charge >= 0.3 is 12.1 Å². The van der Waals surface area contributed by atoms with E-state index < -0.39 is 23.3 Å². The van der Waals surface area contributed by atoms with Gasteiger partial charge in [-0.3, -0.25) is 9.97 Å². The fraction of sp³-hybridized carbons (Fsp3) is 0.419. The summed E-state index contributed by atoms with van der Waals surface area (Å²) in [6, 6.07) is 5.22. The number of nitrogens with zero attached hydrogens (tertiary/aromatic N) is 3. The molecule has 0 atom stereocenters. The Morgan fingerprint density at radius 3 is 2.33 bits per heavy atom. The molecule has 4 fully saturated rings. The molecular weight excluding hydrogens is 606 g/mol. The van der Waals surface area contributed by atoms with E-state index >= 15 is 0 Å². The number of halogens is 5. The average Bonchev–Trinajstić information content (AvgIpc) is 3.75. The van der Waals surface area contributed by atoms with Crippen LogP contribution in [0.1, 0.15) is 90.2 Å². The number of fused-ring (bicyclic) bond motifs is 4. The zero-order chi connectivity index (χ0) is 30.1. The van der Waals surface area contributed by atoms with Crippen LogP contribution >= 0.6 is 23.2 Å². The molecule has 43 heavy (non-hydrogen) atoms. The lowest BCUT2D eigenvalue weighted by Gasteiger charge is -2.53. The largest absolute Gasteiger partial charge is 0.478 e. The van der Waals surface area contributed by atoms with Crippen LogP contribution in [0, 0.1) is 0 Å². The minimum atomic E-state index is -4.74. The molecule has 1 aromatic carbocycles. The van der Waals surface area contributed by atoms with Gasteiger partial charge in [-0.1, -0.05) is 34.4 Å². The number of hydrogen-bond acceptors (Lipinski definition) is 6. The smallest absolute Gasteiger partial charge is 0.418 e. The first kappa shape index (κ1) is 28.6. The van der Waals surface area contributed by atoms with Gasteiger partial charge in [-0.25, -0.2) is 4.79 Å². The van der Waals surface area contributed by atoms with Gasteiger partial charge in [0.05, 0.1) is 38.9 Å². The zero-order valence-corrected chi connectivity index (χ0v) is 24.3. The highest BCUT2D eigenvalue weighted by atomic mass is 35.5. The monoisotopic (exact) mass is 631 g/mol. The Balaban J connectivity index is 1.14. The third-order valence-corrected chi connectivity index (χ3v) is 10.0. The summed E-state index contributed by atoms with van der Waals surface area (Å²) in [5.41, 5.74) is 0.155. The predicted molar refractivity (Wildman–Crippen MR) is 152 cm³/mol. The quantitative estimate of drug-likeness (QED) is 0.218. The molecular formula is C31H26Cl2F3N3O4. The number of pyridine rings is 2. The van der Waals surface area contributed by atoms with E-state index in [1.54, 1.807) is 12.1 Å². The van der Waals surface area contributed by atoms with Crippen LogP contribution in [0.5, 0.6) is 0 Å². The molecule has 4 aromatic rings. The van der Waals surface area contributed by atoms with Crippen molar-refractivity contribution >= 4 is 40.1 Å². The minimum Gasteiger partial charge on any atom is -0.478 e. The fourth-order valence-electron chi connectivity index (χ4n) is 6.81. The molecule has 0 saturated heterocycles. The van der Waals surface area contributed by atoms with E-state index in [9.17, 15) is 23.1 Å². The molecule has 1 N–H and O–H groups in total. The molecule has 4 aliphatic rings. The number of carboxylic acid groups (broad SMARTS) is 1. The van der Waals surface area contributed by atoms with Gasteiger partial charge in [-0.15, -0.1) is 0 Å². The summed E-state index contributed by atoms with van der Waals surface area (Å²) in [4.78, 5) is 20.0. The molecule has 8 rings (SSSR count). The highest BCUT2D eigenvalue weighted by Gasteiger charge is 2.51. The molecule has 4 saturated carbocycles. The topological polar surface area (TPSA) is 98.3 Å². The Bertz CT molecular complexity index is 1720. The molecule has 2 bridgehead atoms. The molecule has 4 aliphatic carbocycles. The zero-order valence-electron chi connectivity index (χ0n) is 22.8. The van der Waals surface area contributed by atoms with Crippen molar-refractivity contribution < 1.29 is 32.3 Å². The molecule has 0 spiro atoms. The summed E-state index contributed by atoms with van der Waals surface area (Å²) < 4.78 is 54.3. The third kappa shape index (κ3) is 4.97. The van der Waals surface area contributed by atoms with Crippen molar-refractivity contribution in [1.82, 2.24) is 15.1 Å². The number of carbonyl (C=O) groups is 1. The predicted octanol–water partition coefficient (Wildman–Crippen LogP) is 8.75. The number of hydrogen-bond donors (Lipinski definition) is 1. The van der Waals surface area contributed by atoms with Crippen molar-refractivity contribution in [2.24, 2.45) is 0 Å². The second-order valence-electron chi connectivity index (χ2n) is 12.0. The Kier molecular flexibility index (Phi) is 6.76. The van der Waals surface area contributed by atoms with E-state index in [-0.39, 0.29) is 34.4 Å². The van der Waals surface area contributed by atoms with Crippen LogP contribution in [-0.2, 0) is 22.9 Å². The SMILES string of the molecule is O=C(O)c1cc(C(F)(F)F)c2nc(C34CCC(OCc5c(-c6c(Cl)cncc6Cl)noc5C5CC5)(CC3)CC4)ccc2c1.